The molecular formula is C13H13FN2O2S. The summed E-state index contributed by atoms with van der Waals surface area (Å²) in [6.45, 7) is 3.79. The van der Waals surface area contributed by atoms with Crippen molar-refractivity contribution >= 4 is 17.0 Å². The maximum Gasteiger partial charge on any atom is 0.140 e. The fraction of sp³-hybridized carbons (Fsp3) is 0.231. The lowest BCUT2D eigenvalue weighted by Crippen LogP contribution is -2.03. The quantitative estimate of drug-likeness (QED) is 0.530. The summed E-state index contributed by atoms with van der Waals surface area (Å²) in [7, 11) is 0. The van der Waals surface area contributed by atoms with Crippen molar-refractivity contribution in [2.24, 2.45) is 5.16 Å². The zero-order valence-electron chi connectivity index (χ0n) is 10.6. The summed E-state index contributed by atoms with van der Waals surface area (Å²) < 4.78 is 18.8. The van der Waals surface area contributed by atoms with Gasteiger partial charge >= 0.3 is 0 Å². The molecule has 1 aromatic carbocycles. The number of oxime groups is 1. The van der Waals surface area contributed by atoms with Crippen LogP contribution in [0.25, 0.3) is 0 Å². The van der Waals surface area contributed by atoms with Gasteiger partial charge in [-0.05, 0) is 32.0 Å². The fourth-order valence-corrected chi connectivity index (χ4v) is 2.26. The van der Waals surface area contributed by atoms with Gasteiger partial charge in [-0.25, -0.2) is 9.37 Å². The summed E-state index contributed by atoms with van der Waals surface area (Å²) in [4.78, 5) is 4.28. The van der Waals surface area contributed by atoms with Crippen LogP contribution in [0.4, 0.5) is 4.39 Å². The van der Waals surface area contributed by atoms with Crippen LogP contribution in [-0.4, -0.2) is 15.9 Å². The third kappa shape index (κ3) is 3.29. The normalized spacial score (nSPS) is 11.6. The summed E-state index contributed by atoms with van der Waals surface area (Å²) in [5.41, 5.74) is 1.66. The molecule has 4 nitrogen and oxygen atoms in total. The molecule has 0 fully saturated rings. The Hall–Kier alpha value is -1.95. The van der Waals surface area contributed by atoms with E-state index in [1.54, 1.807) is 6.92 Å². The first-order valence-corrected chi connectivity index (χ1v) is 6.50. The topological polar surface area (TPSA) is 54.7 Å². The Labute approximate surface area is 114 Å². The molecule has 0 saturated heterocycles. The van der Waals surface area contributed by atoms with E-state index in [-0.39, 0.29) is 0 Å². The molecule has 0 aliphatic rings. The van der Waals surface area contributed by atoms with Crippen LogP contribution in [-0.2, 0) is 6.61 Å². The minimum Gasteiger partial charge on any atom is -0.486 e. The van der Waals surface area contributed by atoms with Crippen LogP contribution < -0.4 is 4.74 Å². The van der Waals surface area contributed by atoms with E-state index in [1.165, 1.54) is 29.5 Å². The number of hydrogen-bond donors (Lipinski definition) is 1. The maximum absolute atomic E-state index is 13.2. The smallest absolute Gasteiger partial charge is 0.140 e. The van der Waals surface area contributed by atoms with Crippen LogP contribution in [0.5, 0.6) is 5.75 Å². The van der Waals surface area contributed by atoms with E-state index in [0.29, 0.717) is 23.6 Å². The summed E-state index contributed by atoms with van der Waals surface area (Å²) in [5, 5.41) is 14.6. The van der Waals surface area contributed by atoms with Gasteiger partial charge in [-0.3, -0.25) is 0 Å². The molecule has 0 aliphatic heterocycles. The van der Waals surface area contributed by atoms with Crippen LogP contribution >= 0.6 is 11.3 Å². The van der Waals surface area contributed by atoms with Crippen molar-refractivity contribution in [2.45, 2.75) is 20.5 Å². The number of aryl methyl sites for hydroxylation is 1. The van der Waals surface area contributed by atoms with Gasteiger partial charge in [0, 0.05) is 16.6 Å². The summed E-state index contributed by atoms with van der Waals surface area (Å²) in [6.07, 6.45) is 0. The Morgan fingerprint density at radius 3 is 2.95 bits per heavy atom. The van der Waals surface area contributed by atoms with Crippen molar-refractivity contribution in [1.29, 1.82) is 0 Å². The first-order valence-electron chi connectivity index (χ1n) is 5.62. The average molecular weight is 280 g/mol. The van der Waals surface area contributed by atoms with E-state index in [2.05, 4.69) is 10.1 Å². The van der Waals surface area contributed by atoms with Gasteiger partial charge in [0.1, 0.15) is 23.2 Å². The number of benzene rings is 1. The number of rotatable bonds is 4. The molecule has 0 amide bonds. The Bertz CT molecular complexity index is 610. The van der Waals surface area contributed by atoms with Crippen molar-refractivity contribution in [1.82, 2.24) is 4.98 Å². The van der Waals surface area contributed by atoms with E-state index < -0.39 is 5.82 Å². The Morgan fingerprint density at radius 1 is 1.53 bits per heavy atom. The third-order valence-electron chi connectivity index (χ3n) is 2.50. The lowest BCUT2D eigenvalue weighted by molar-refractivity contribution is 0.302. The molecular weight excluding hydrogens is 267 g/mol. The highest BCUT2D eigenvalue weighted by molar-refractivity contribution is 7.09. The second-order valence-electron chi connectivity index (χ2n) is 4.00. The van der Waals surface area contributed by atoms with Crippen molar-refractivity contribution < 1.29 is 14.3 Å². The van der Waals surface area contributed by atoms with Crippen LogP contribution in [0, 0.1) is 12.7 Å². The van der Waals surface area contributed by atoms with Crippen LogP contribution in [0.1, 0.15) is 23.2 Å². The zero-order chi connectivity index (χ0) is 13.8. The maximum atomic E-state index is 13.2. The molecule has 0 atom stereocenters. The molecule has 0 saturated carbocycles. The Balaban J connectivity index is 2.20. The van der Waals surface area contributed by atoms with E-state index in [4.69, 9.17) is 9.94 Å². The van der Waals surface area contributed by atoms with Crippen molar-refractivity contribution in [2.75, 3.05) is 0 Å². The van der Waals surface area contributed by atoms with Gasteiger partial charge in [0.2, 0.25) is 0 Å². The second-order valence-corrected chi connectivity index (χ2v) is 4.94. The molecule has 0 aliphatic carbocycles. The summed E-state index contributed by atoms with van der Waals surface area (Å²) in [5.74, 6) is 0.0556. The molecule has 6 heteroatoms. The van der Waals surface area contributed by atoms with Crippen LogP contribution in [0.2, 0.25) is 0 Å². The van der Waals surface area contributed by atoms with Gasteiger partial charge in [-0.1, -0.05) is 5.16 Å². The number of nitrogens with zero attached hydrogens (tertiary/aromatic N) is 2. The predicted molar refractivity (Wildman–Crippen MR) is 71.6 cm³/mol. The highest BCUT2D eigenvalue weighted by Gasteiger charge is 2.10. The standard InChI is InChI=1S/C13H13FN2O2S/c1-8-7-19-13(15-8)6-18-12-4-3-10(14)5-11(12)9(2)16-17/h3-5,7,17H,6H2,1-2H3. The minimum atomic E-state index is -0.407. The molecule has 1 aromatic heterocycles. The van der Waals surface area contributed by atoms with E-state index in [9.17, 15) is 4.39 Å². The lowest BCUT2D eigenvalue weighted by atomic mass is 10.1. The predicted octanol–water partition coefficient (Wildman–Crippen LogP) is 3.37. The molecule has 19 heavy (non-hydrogen) atoms. The molecule has 1 heterocycles. The second kappa shape index (κ2) is 5.79. The SMILES string of the molecule is CC(=NO)c1cc(F)ccc1OCc1nc(C)cs1. The number of ether oxygens (including phenoxy) is 1. The number of halogens is 1. The zero-order valence-corrected chi connectivity index (χ0v) is 11.4. The highest BCUT2D eigenvalue weighted by atomic mass is 32.1. The largest absolute Gasteiger partial charge is 0.486 e. The van der Waals surface area contributed by atoms with Crippen LogP contribution in [0.3, 0.4) is 0 Å². The van der Waals surface area contributed by atoms with Crippen molar-refractivity contribution in [3.63, 3.8) is 0 Å². The first kappa shape index (κ1) is 13.5. The van der Waals surface area contributed by atoms with E-state index >= 15 is 0 Å². The molecule has 2 rings (SSSR count). The Morgan fingerprint density at radius 2 is 2.32 bits per heavy atom. The summed E-state index contributed by atoms with van der Waals surface area (Å²) in [6, 6.07) is 4.09. The van der Waals surface area contributed by atoms with Crippen LogP contribution in [0.15, 0.2) is 28.7 Å². The van der Waals surface area contributed by atoms with Gasteiger partial charge < -0.3 is 9.94 Å². The van der Waals surface area contributed by atoms with Crippen molar-refractivity contribution in [3.8, 4) is 5.75 Å². The minimum absolute atomic E-state index is 0.296. The van der Waals surface area contributed by atoms with Gasteiger partial charge in [-0.2, -0.15) is 0 Å². The number of aromatic nitrogens is 1. The lowest BCUT2D eigenvalue weighted by Gasteiger charge is -2.09. The third-order valence-corrected chi connectivity index (χ3v) is 3.44. The first-order chi connectivity index (χ1) is 9.10. The van der Waals surface area contributed by atoms with Gasteiger partial charge in [0.05, 0.1) is 5.71 Å². The monoisotopic (exact) mass is 280 g/mol. The fourth-order valence-electron chi connectivity index (χ4n) is 1.57. The molecule has 0 radical (unpaired) electrons. The van der Waals surface area contributed by atoms with E-state index in [1.807, 2.05) is 12.3 Å². The van der Waals surface area contributed by atoms with E-state index in [0.717, 1.165) is 10.7 Å². The van der Waals surface area contributed by atoms with Gasteiger partial charge in [0.15, 0.2) is 0 Å². The molecule has 2 aromatic rings. The molecule has 100 valence electrons. The molecule has 0 spiro atoms. The number of hydrogen-bond acceptors (Lipinski definition) is 5. The average Bonchev–Trinajstić information content (AvgIpc) is 2.82. The van der Waals surface area contributed by atoms with Gasteiger partial charge in [-0.15, -0.1) is 11.3 Å². The van der Waals surface area contributed by atoms with Crippen molar-refractivity contribution in [3.05, 3.63) is 45.7 Å². The molecule has 1 N–H and O–H groups in total. The highest BCUT2D eigenvalue weighted by Crippen LogP contribution is 2.22. The Kier molecular flexibility index (Phi) is 4.11. The number of thiazole rings is 1. The molecule has 0 unspecified atom stereocenters. The molecule has 0 bridgehead atoms. The van der Waals surface area contributed by atoms with Gasteiger partial charge in [0.25, 0.3) is 0 Å². The summed E-state index contributed by atoms with van der Waals surface area (Å²) >= 11 is 1.50.